The summed E-state index contributed by atoms with van der Waals surface area (Å²) in [5.74, 6) is 1.96. The van der Waals surface area contributed by atoms with Crippen molar-refractivity contribution in [3.05, 3.63) is 29.8 Å². The second-order valence-corrected chi connectivity index (χ2v) is 5.02. The Balaban J connectivity index is 1.90. The predicted molar refractivity (Wildman–Crippen MR) is 78.4 cm³/mol. The van der Waals surface area contributed by atoms with Gasteiger partial charge in [-0.25, -0.2) is 0 Å². The number of amidine groups is 1. The summed E-state index contributed by atoms with van der Waals surface area (Å²) < 4.78 is 10.8. The lowest BCUT2D eigenvalue weighted by Gasteiger charge is -2.34. The molecule has 1 unspecified atom stereocenters. The molecule has 3 rings (SSSR count). The van der Waals surface area contributed by atoms with Gasteiger partial charge < -0.3 is 14.8 Å². The zero-order chi connectivity index (χ0) is 13.8. The Bertz CT molecular complexity index is 484. The molecule has 2 heterocycles. The number of aliphatic imine (C=N–C) groups is 1. The van der Waals surface area contributed by atoms with E-state index in [1.807, 2.05) is 12.1 Å². The van der Waals surface area contributed by atoms with Crippen molar-refractivity contribution in [3.8, 4) is 5.75 Å². The fraction of sp³-hybridized carbons (Fsp3) is 0.533. The van der Waals surface area contributed by atoms with E-state index in [9.17, 15) is 0 Å². The van der Waals surface area contributed by atoms with Gasteiger partial charge >= 0.3 is 0 Å². The zero-order valence-electron chi connectivity index (χ0n) is 11.8. The summed E-state index contributed by atoms with van der Waals surface area (Å²) >= 11 is 0. The molecule has 5 heteroatoms. The molecule has 1 N–H and O–H groups in total. The van der Waals surface area contributed by atoms with Gasteiger partial charge in [0.1, 0.15) is 11.6 Å². The number of benzene rings is 1. The Hall–Kier alpha value is -1.59. The molecule has 0 saturated carbocycles. The fourth-order valence-corrected chi connectivity index (χ4v) is 2.79. The van der Waals surface area contributed by atoms with Crippen LogP contribution >= 0.6 is 0 Å². The van der Waals surface area contributed by atoms with E-state index in [2.05, 4.69) is 27.3 Å². The lowest BCUT2D eigenvalue weighted by Crippen LogP contribution is -2.44. The number of rotatable bonds is 4. The fourth-order valence-electron chi connectivity index (χ4n) is 2.79. The van der Waals surface area contributed by atoms with Crippen LogP contribution in [-0.2, 0) is 4.74 Å². The van der Waals surface area contributed by atoms with E-state index in [1.54, 1.807) is 7.11 Å². The molecule has 1 fully saturated rings. The van der Waals surface area contributed by atoms with Gasteiger partial charge in [0.2, 0.25) is 0 Å². The predicted octanol–water partition coefficient (Wildman–Crippen LogP) is 1.07. The Morgan fingerprint density at radius 1 is 1.35 bits per heavy atom. The van der Waals surface area contributed by atoms with Gasteiger partial charge in [-0.2, -0.15) is 0 Å². The third-order valence-electron chi connectivity index (χ3n) is 3.78. The van der Waals surface area contributed by atoms with Crippen LogP contribution < -0.4 is 10.1 Å². The summed E-state index contributed by atoms with van der Waals surface area (Å²) in [7, 11) is 1.70. The Morgan fingerprint density at radius 2 is 2.20 bits per heavy atom. The molecule has 5 nitrogen and oxygen atoms in total. The number of methoxy groups -OCH3 is 1. The van der Waals surface area contributed by atoms with E-state index in [0.717, 1.165) is 51.0 Å². The van der Waals surface area contributed by atoms with E-state index in [4.69, 9.17) is 9.47 Å². The molecule has 1 saturated heterocycles. The summed E-state index contributed by atoms with van der Waals surface area (Å²) in [6.07, 6.45) is 0. The highest BCUT2D eigenvalue weighted by Crippen LogP contribution is 2.26. The van der Waals surface area contributed by atoms with E-state index in [0.29, 0.717) is 0 Å². The lowest BCUT2D eigenvalue weighted by atomic mass is 10.0. The van der Waals surface area contributed by atoms with Crippen molar-refractivity contribution in [2.24, 2.45) is 4.99 Å². The molecule has 1 aromatic rings. The van der Waals surface area contributed by atoms with Crippen LogP contribution in [0.4, 0.5) is 0 Å². The van der Waals surface area contributed by atoms with Crippen molar-refractivity contribution in [2.45, 2.75) is 6.04 Å². The van der Waals surface area contributed by atoms with Gasteiger partial charge in [-0.05, 0) is 17.7 Å². The van der Waals surface area contributed by atoms with E-state index in [1.165, 1.54) is 5.56 Å². The molecule has 0 spiro atoms. The largest absolute Gasteiger partial charge is 0.497 e. The SMILES string of the molecule is COc1cccc(C(C2=NCCN2)N2CCOCC2)c1. The van der Waals surface area contributed by atoms with Crippen molar-refractivity contribution in [1.82, 2.24) is 10.2 Å². The maximum atomic E-state index is 5.47. The minimum Gasteiger partial charge on any atom is -0.497 e. The average molecular weight is 275 g/mol. The van der Waals surface area contributed by atoms with E-state index in [-0.39, 0.29) is 6.04 Å². The average Bonchev–Trinajstić information content (AvgIpc) is 3.03. The number of ether oxygens (including phenoxy) is 2. The first-order chi connectivity index (χ1) is 9.88. The maximum Gasteiger partial charge on any atom is 0.119 e. The highest BCUT2D eigenvalue weighted by molar-refractivity contribution is 5.89. The van der Waals surface area contributed by atoms with Crippen molar-refractivity contribution in [1.29, 1.82) is 0 Å². The van der Waals surface area contributed by atoms with Crippen molar-refractivity contribution in [3.63, 3.8) is 0 Å². The smallest absolute Gasteiger partial charge is 0.119 e. The molecule has 108 valence electrons. The number of nitrogens with one attached hydrogen (secondary N) is 1. The van der Waals surface area contributed by atoms with E-state index >= 15 is 0 Å². The first-order valence-corrected chi connectivity index (χ1v) is 7.12. The Kier molecular flexibility index (Phi) is 4.18. The maximum absolute atomic E-state index is 5.47. The zero-order valence-corrected chi connectivity index (χ0v) is 11.8. The van der Waals surface area contributed by atoms with Crippen LogP contribution in [0.25, 0.3) is 0 Å². The van der Waals surface area contributed by atoms with Gasteiger partial charge in [0, 0.05) is 19.6 Å². The quantitative estimate of drug-likeness (QED) is 0.893. The van der Waals surface area contributed by atoms with Gasteiger partial charge in [0.05, 0.1) is 32.9 Å². The van der Waals surface area contributed by atoms with Gasteiger partial charge in [-0.1, -0.05) is 12.1 Å². The summed E-state index contributed by atoms with van der Waals surface area (Å²) in [5.41, 5.74) is 1.22. The van der Waals surface area contributed by atoms with Crippen molar-refractivity contribution >= 4 is 5.84 Å². The molecular weight excluding hydrogens is 254 g/mol. The summed E-state index contributed by atoms with van der Waals surface area (Å²) in [6.45, 7) is 5.23. The third kappa shape index (κ3) is 2.78. The van der Waals surface area contributed by atoms with Crippen LogP contribution in [0.3, 0.4) is 0 Å². The molecular formula is C15H21N3O2. The number of nitrogens with zero attached hydrogens (tertiary/aromatic N) is 2. The molecule has 0 aromatic heterocycles. The normalized spacial score (nSPS) is 21.1. The van der Waals surface area contributed by atoms with Crippen LogP contribution in [0.2, 0.25) is 0 Å². The molecule has 20 heavy (non-hydrogen) atoms. The highest BCUT2D eigenvalue weighted by Gasteiger charge is 2.28. The number of hydrogen-bond acceptors (Lipinski definition) is 5. The van der Waals surface area contributed by atoms with Crippen LogP contribution in [0, 0.1) is 0 Å². The first-order valence-electron chi connectivity index (χ1n) is 7.12. The summed E-state index contributed by atoms with van der Waals surface area (Å²) in [6, 6.07) is 8.44. The van der Waals surface area contributed by atoms with Gasteiger partial charge in [0.25, 0.3) is 0 Å². The lowest BCUT2D eigenvalue weighted by molar-refractivity contribution is 0.0282. The van der Waals surface area contributed by atoms with Crippen LogP contribution in [0.15, 0.2) is 29.3 Å². The van der Waals surface area contributed by atoms with Crippen molar-refractivity contribution < 1.29 is 9.47 Å². The van der Waals surface area contributed by atoms with E-state index < -0.39 is 0 Å². The van der Waals surface area contributed by atoms with Crippen LogP contribution in [0.1, 0.15) is 11.6 Å². The first kappa shape index (κ1) is 13.4. The minimum absolute atomic E-state index is 0.177. The molecule has 1 aromatic carbocycles. The van der Waals surface area contributed by atoms with Gasteiger partial charge in [-0.3, -0.25) is 9.89 Å². The minimum atomic E-state index is 0.177. The van der Waals surface area contributed by atoms with Crippen molar-refractivity contribution in [2.75, 3.05) is 46.5 Å². The number of morpholine rings is 1. The van der Waals surface area contributed by atoms with Gasteiger partial charge in [0.15, 0.2) is 0 Å². The molecule has 2 aliphatic heterocycles. The standard InChI is InChI=1S/C15H21N3O2/c1-19-13-4-2-3-12(11-13)14(15-16-5-6-17-15)18-7-9-20-10-8-18/h2-4,11,14H,5-10H2,1H3,(H,16,17). The third-order valence-corrected chi connectivity index (χ3v) is 3.78. The molecule has 2 aliphatic rings. The second-order valence-electron chi connectivity index (χ2n) is 5.02. The van der Waals surface area contributed by atoms with Gasteiger partial charge in [-0.15, -0.1) is 0 Å². The highest BCUT2D eigenvalue weighted by atomic mass is 16.5. The molecule has 0 amide bonds. The number of hydrogen-bond donors (Lipinski definition) is 1. The molecule has 0 aliphatic carbocycles. The van der Waals surface area contributed by atoms with Crippen LogP contribution in [-0.4, -0.2) is 57.2 Å². The summed E-state index contributed by atoms with van der Waals surface area (Å²) in [5, 5.41) is 3.42. The van der Waals surface area contributed by atoms with Crippen LogP contribution in [0.5, 0.6) is 5.75 Å². The topological polar surface area (TPSA) is 46.1 Å². The molecule has 0 bridgehead atoms. The Morgan fingerprint density at radius 3 is 2.90 bits per heavy atom. The second kappa shape index (κ2) is 6.24. The molecule has 0 radical (unpaired) electrons. The molecule has 1 atom stereocenters. The summed E-state index contributed by atoms with van der Waals surface area (Å²) in [4.78, 5) is 7.05. The Labute approximate surface area is 119 Å². The monoisotopic (exact) mass is 275 g/mol.